The minimum absolute atomic E-state index is 0.282. The maximum absolute atomic E-state index is 12.7. The number of hydrogen-bond acceptors (Lipinski definition) is 1. The number of rotatable bonds is 3. The summed E-state index contributed by atoms with van der Waals surface area (Å²) in [5.74, 6) is 0. The van der Waals surface area contributed by atoms with Crippen LogP contribution in [0, 0.1) is 0 Å². The van der Waals surface area contributed by atoms with Crippen LogP contribution in [0.1, 0.15) is 5.56 Å². The number of alkyl halides is 1. The molecule has 0 saturated carbocycles. The largest absolute Gasteiger partial charge is 0.393 e. The van der Waals surface area contributed by atoms with Crippen LogP contribution < -0.4 is 0 Å². The molecule has 1 nitrogen and oxygen atoms in total. The quantitative estimate of drug-likeness (QED) is 0.849. The van der Waals surface area contributed by atoms with E-state index < -0.39 is 12.8 Å². The summed E-state index contributed by atoms with van der Waals surface area (Å²) in [6.07, 6.45) is -0.866. The van der Waals surface area contributed by atoms with Gasteiger partial charge >= 0.3 is 0 Å². The Kier molecular flexibility index (Phi) is 3.69. The molecule has 0 fully saturated rings. The second-order valence-electron chi connectivity index (χ2n) is 2.61. The first-order chi connectivity index (χ1) is 5.72. The summed E-state index contributed by atoms with van der Waals surface area (Å²) in [6, 6.07) is 7.40. The minimum atomic E-state index is -1.15. The van der Waals surface area contributed by atoms with E-state index >= 15 is 0 Å². The Morgan fingerprint density at radius 3 is 2.42 bits per heavy atom. The molecule has 0 saturated heterocycles. The second kappa shape index (κ2) is 4.58. The molecule has 66 valence electrons. The molecule has 0 amide bonds. The van der Waals surface area contributed by atoms with Crippen LogP contribution in [0.5, 0.6) is 0 Å². The summed E-state index contributed by atoms with van der Waals surface area (Å²) in [5, 5.41) is 8.47. The zero-order valence-electron chi connectivity index (χ0n) is 6.50. The molecule has 0 aliphatic rings. The van der Waals surface area contributed by atoms with Crippen molar-refractivity contribution in [3.8, 4) is 0 Å². The Morgan fingerprint density at radius 2 is 1.92 bits per heavy atom. The third-order valence-corrected chi connectivity index (χ3v) is 2.10. The van der Waals surface area contributed by atoms with E-state index in [0.717, 1.165) is 10.0 Å². The van der Waals surface area contributed by atoms with Crippen LogP contribution in [0.2, 0.25) is 0 Å². The number of aliphatic hydroxyl groups excluding tert-OH is 1. The van der Waals surface area contributed by atoms with E-state index in [-0.39, 0.29) is 6.42 Å². The molecule has 12 heavy (non-hydrogen) atoms. The molecule has 1 N–H and O–H groups in total. The first-order valence-electron chi connectivity index (χ1n) is 3.71. The number of halogens is 2. The van der Waals surface area contributed by atoms with Gasteiger partial charge in [0.1, 0.15) is 6.17 Å². The highest BCUT2D eigenvalue weighted by atomic mass is 79.9. The maximum atomic E-state index is 12.7. The Bertz CT molecular complexity index is 235. The van der Waals surface area contributed by atoms with E-state index in [1.807, 2.05) is 24.3 Å². The fourth-order valence-electron chi connectivity index (χ4n) is 0.941. The van der Waals surface area contributed by atoms with Crippen molar-refractivity contribution in [3.63, 3.8) is 0 Å². The molecule has 1 rings (SSSR count). The summed E-state index contributed by atoms with van der Waals surface area (Å²) in [6.45, 7) is -0.407. The van der Waals surface area contributed by atoms with E-state index in [4.69, 9.17) is 5.11 Å². The van der Waals surface area contributed by atoms with Gasteiger partial charge in [0.05, 0.1) is 6.61 Å². The smallest absolute Gasteiger partial charge is 0.127 e. The molecule has 0 radical (unpaired) electrons. The van der Waals surface area contributed by atoms with Crippen molar-refractivity contribution < 1.29 is 9.50 Å². The first kappa shape index (κ1) is 9.68. The maximum Gasteiger partial charge on any atom is 0.127 e. The SMILES string of the molecule is OCC(F)Cc1ccc(Br)cc1. The average Bonchev–Trinajstić information content (AvgIpc) is 2.09. The van der Waals surface area contributed by atoms with Crippen molar-refractivity contribution in [2.24, 2.45) is 0 Å². The van der Waals surface area contributed by atoms with Gasteiger partial charge in [-0.05, 0) is 17.7 Å². The van der Waals surface area contributed by atoms with Gasteiger partial charge in [0.25, 0.3) is 0 Å². The van der Waals surface area contributed by atoms with Crippen LogP contribution >= 0.6 is 15.9 Å². The monoisotopic (exact) mass is 232 g/mol. The third kappa shape index (κ3) is 2.91. The summed E-state index contributed by atoms with van der Waals surface area (Å²) < 4.78 is 13.6. The predicted molar refractivity (Wildman–Crippen MR) is 49.8 cm³/mol. The standard InChI is InChI=1S/C9H10BrFO/c10-8-3-1-7(2-4-8)5-9(11)6-12/h1-4,9,12H,5-6H2. The van der Waals surface area contributed by atoms with Crippen LogP contribution in [-0.2, 0) is 6.42 Å². The van der Waals surface area contributed by atoms with Crippen molar-refractivity contribution in [2.45, 2.75) is 12.6 Å². The van der Waals surface area contributed by atoms with Gasteiger partial charge in [-0.25, -0.2) is 4.39 Å². The summed E-state index contributed by atoms with van der Waals surface area (Å²) in [4.78, 5) is 0. The molecule has 0 aromatic heterocycles. The Morgan fingerprint density at radius 1 is 1.33 bits per heavy atom. The molecule has 1 atom stereocenters. The van der Waals surface area contributed by atoms with Gasteiger partial charge in [0.15, 0.2) is 0 Å². The molecule has 3 heteroatoms. The molecular formula is C9H10BrFO. The van der Waals surface area contributed by atoms with Crippen molar-refractivity contribution in [1.29, 1.82) is 0 Å². The Hall–Kier alpha value is -0.410. The lowest BCUT2D eigenvalue weighted by atomic mass is 10.1. The second-order valence-corrected chi connectivity index (χ2v) is 3.53. The van der Waals surface area contributed by atoms with Crippen LogP contribution in [0.3, 0.4) is 0 Å². The topological polar surface area (TPSA) is 20.2 Å². The van der Waals surface area contributed by atoms with Gasteiger partial charge < -0.3 is 5.11 Å². The van der Waals surface area contributed by atoms with Gasteiger partial charge in [-0.15, -0.1) is 0 Å². The van der Waals surface area contributed by atoms with Gasteiger partial charge in [0, 0.05) is 10.9 Å². The average molecular weight is 233 g/mol. The lowest BCUT2D eigenvalue weighted by Crippen LogP contribution is -2.09. The fraction of sp³-hybridized carbons (Fsp3) is 0.333. The molecule has 1 aromatic rings. The molecule has 0 spiro atoms. The number of benzene rings is 1. The molecule has 0 heterocycles. The van der Waals surface area contributed by atoms with Crippen molar-refractivity contribution >= 4 is 15.9 Å². The van der Waals surface area contributed by atoms with Gasteiger partial charge in [-0.3, -0.25) is 0 Å². The zero-order chi connectivity index (χ0) is 8.97. The summed E-state index contributed by atoms with van der Waals surface area (Å²) >= 11 is 3.29. The molecule has 0 aliphatic heterocycles. The highest BCUT2D eigenvalue weighted by molar-refractivity contribution is 9.10. The van der Waals surface area contributed by atoms with Crippen molar-refractivity contribution in [3.05, 3.63) is 34.3 Å². The van der Waals surface area contributed by atoms with Gasteiger partial charge in [-0.1, -0.05) is 28.1 Å². The van der Waals surface area contributed by atoms with E-state index in [2.05, 4.69) is 15.9 Å². The first-order valence-corrected chi connectivity index (χ1v) is 4.51. The van der Waals surface area contributed by atoms with Gasteiger partial charge in [-0.2, -0.15) is 0 Å². The molecular weight excluding hydrogens is 223 g/mol. The minimum Gasteiger partial charge on any atom is -0.393 e. The van der Waals surface area contributed by atoms with Crippen molar-refractivity contribution in [2.75, 3.05) is 6.61 Å². The fourth-order valence-corrected chi connectivity index (χ4v) is 1.21. The molecule has 1 aromatic carbocycles. The van der Waals surface area contributed by atoms with Crippen molar-refractivity contribution in [1.82, 2.24) is 0 Å². The Balaban J connectivity index is 2.58. The lowest BCUT2D eigenvalue weighted by Gasteiger charge is -2.03. The number of hydrogen-bond donors (Lipinski definition) is 1. The molecule has 1 unspecified atom stereocenters. The molecule has 0 aliphatic carbocycles. The summed E-state index contributed by atoms with van der Waals surface area (Å²) in [5.41, 5.74) is 0.903. The number of aliphatic hydroxyl groups is 1. The Labute approximate surface area is 79.4 Å². The van der Waals surface area contributed by atoms with E-state index in [1.54, 1.807) is 0 Å². The zero-order valence-corrected chi connectivity index (χ0v) is 8.09. The van der Waals surface area contributed by atoms with Crippen LogP contribution in [0.4, 0.5) is 4.39 Å². The predicted octanol–water partition coefficient (Wildman–Crippen LogP) is 2.32. The summed E-state index contributed by atoms with van der Waals surface area (Å²) in [7, 11) is 0. The molecule has 0 bridgehead atoms. The van der Waals surface area contributed by atoms with E-state index in [0.29, 0.717) is 0 Å². The van der Waals surface area contributed by atoms with Gasteiger partial charge in [0.2, 0.25) is 0 Å². The van der Waals surface area contributed by atoms with Crippen LogP contribution in [0.15, 0.2) is 28.7 Å². The normalized spacial score (nSPS) is 12.9. The highest BCUT2D eigenvalue weighted by Gasteiger charge is 2.04. The van der Waals surface area contributed by atoms with E-state index in [1.165, 1.54) is 0 Å². The highest BCUT2D eigenvalue weighted by Crippen LogP contribution is 2.12. The van der Waals surface area contributed by atoms with Crippen LogP contribution in [-0.4, -0.2) is 17.9 Å². The van der Waals surface area contributed by atoms with E-state index in [9.17, 15) is 4.39 Å². The third-order valence-electron chi connectivity index (χ3n) is 1.57. The lowest BCUT2D eigenvalue weighted by molar-refractivity contribution is 0.177. The van der Waals surface area contributed by atoms with Crippen LogP contribution in [0.25, 0.3) is 0 Å².